The Morgan fingerprint density at radius 2 is 1.04 bits per heavy atom. The molecule has 0 saturated heterocycles. The topological polar surface area (TPSA) is 64.3 Å². The van der Waals surface area contributed by atoms with Crippen molar-refractivity contribution in [3.63, 3.8) is 0 Å². The van der Waals surface area contributed by atoms with E-state index in [0.717, 1.165) is 69.8 Å². The minimum absolute atomic E-state index is 0.458. The maximum absolute atomic E-state index is 11.6. The first-order valence-corrected chi connectivity index (χ1v) is 31.8. The molecule has 0 aliphatic rings. The highest BCUT2D eigenvalue weighted by Crippen LogP contribution is 2.49. The third-order valence-corrected chi connectivity index (χ3v) is 31.1. The number of fused-ring (bicyclic) bond motifs is 3. The Bertz CT molecular complexity index is 3310. The highest BCUT2D eigenvalue weighted by atomic mass is 32.1. The molecule has 9 heteroatoms. The smallest absolute Gasteiger partial charge is 0.328 e. The van der Waals surface area contributed by atoms with E-state index in [0.29, 0.717) is 43.7 Å². The zero-order chi connectivity index (χ0) is 50.9. The lowest BCUT2D eigenvalue weighted by atomic mass is 10.0. The van der Waals surface area contributed by atoms with Crippen LogP contribution in [0.2, 0.25) is 33.2 Å². The summed E-state index contributed by atoms with van der Waals surface area (Å²) in [6, 6.07) is 43.7. The molecule has 0 bridgehead atoms. The number of nitriles is 1. The molecule has 5 aromatic carbocycles. The molecule has 0 unspecified atom stereocenters. The second kappa shape index (κ2) is 21.0. The molecule has 8 rings (SSSR count). The van der Waals surface area contributed by atoms with Gasteiger partial charge in [0.2, 0.25) is 0 Å². The van der Waals surface area contributed by atoms with Crippen LogP contribution in [0.4, 0.5) is 17.1 Å². The highest BCUT2D eigenvalue weighted by molar-refractivity contribution is 7.27. The maximum Gasteiger partial charge on any atom is 0.328 e. The third kappa shape index (κ3) is 9.62. The molecule has 8 aromatic rings. The molecule has 0 saturated carbocycles. The third-order valence-electron chi connectivity index (χ3n) is 14.9. The summed E-state index contributed by atoms with van der Waals surface area (Å²) in [5, 5.41) is 24.3. The van der Waals surface area contributed by atoms with E-state index in [1.54, 1.807) is 11.3 Å². The normalized spacial score (nSPS) is 12.2. The predicted molar refractivity (Wildman–Crippen MR) is 315 cm³/mol. The van der Waals surface area contributed by atoms with Gasteiger partial charge < -0.3 is 10.0 Å². The zero-order valence-electron chi connectivity index (χ0n) is 43.1. The van der Waals surface area contributed by atoms with Crippen molar-refractivity contribution in [1.82, 2.24) is 0 Å². The van der Waals surface area contributed by atoms with Gasteiger partial charge in [-0.1, -0.05) is 162 Å². The molecule has 4 nitrogen and oxygen atoms in total. The number of aliphatic carboxylic acids is 1. The van der Waals surface area contributed by atoms with Gasteiger partial charge in [0.15, 0.2) is 0 Å². The maximum atomic E-state index is 11.6. The van der Waals surface area contributed by atoms with Gasteiger partial charge in [0.05, 0.1) is 26.2 Å². The molecule has 0 amide bonds. The molecule has 0 aliphatic carbocycles. The van der Waals surface area contributed by atoms with Crippen molar-refractivity contribution >= 4 is 110 Å². The van der Waals surface area contributed by atoms with E-state index in [1.807, 2.05) is 17.4 Å². The molecule has 0 atom stereocenters. The van der Waals surface area contributed by atoms with Gasteiger partial charge in [-0.2, -0.15) is 5.26 Å². The van der Waals surface area contributed by atoms with Gasteiger partial charge in [-0.25, -0.2) is 4.79 Å². The molecule has 1 N–H and O–H groups in total. The zero-order valence-corrected chi connectivity index (χ0v) is 47.5. The molecular weight excluding hydrogens is 957 g/mol. The SMILES string of the molecule is CC(C)[Si](C#Cc1c2cc(-c3cc(/C=C/C(=O)O)c(C#N)s3)sc2c(C#C[Si](C(C)C)(C(C)C)C(C)C)c2cc(-c3ccc(N(c4ccccc4)c4cccc5ccccc45)cc3)sc12)(C(C)C)C(C)C. The lowest BCUT2D eigenvalue weighted by Crippen LogP contribution is -2.43. The van der Waals surface area contributed by atoms with Gasteiger partial charge in [0, 0.05) is 53.8 Å². The number of rotatable bonds is 13. The minimum atomic E-state index is -2.18. The van der Waals surface area contributed by atoms with Gasteiger partial charge in [0.25, 0.3) is 0 Å². The van der Waals surface area contributed by atoms with Crippen LogP contribution in [-0.4, -0.2) is 27.2 Å². The van der Waals surface area contributed by atoms with Crippen LogP contribution in [0.5, 0.6) is 0 Å². The summed E-state index contributed by atoms with van der Waals surface area (Å²) in [5.74, 6) is 6.94. The van der Waals surface area contributed by atoms with E-state index in [1.165, 1.54) is 33.1 Å². The number of anilines is 3. The second-order valence-corrected chi connectivity index (χ2v) is 35.0. The number of carboxylic acids is 1. The molecular formula is C62H64N2O2S3Si2. The molecule has 0 spiro atoms. The average Bonchev–Trinajstić information content (AvgIpc) is 4.09. The Morgan fingerprint density at radius 1 is 0.563 bits per heavy atom. The molecule has 0 radical (unpaired) electrons. The summed E-state index contributed by atoms with van der Waals surface area (Å²) in [6.45, 7) is 28.4. The van der Waals surface area contributed by atoms with Crippen molar-refractivity contribution in [2.24, 2.45) is 0 Å². The average molecular weight is 1020 g/mol. The first-order chi connectivity index (χ1) is 33.9. The fraction of sp³-hybridized carbons (Fsp3) is 0.290. The van der Waals surface area contributed by atoms with Gasteiger partial charge in [-0.05, 0) is 98.8 Å². The number of carbonyl (C=O) groups is 1. The quantitative estimate of drug-likeness (QED) is 0.0710. The van der Waals surface area contributed by atoms with Crippen LogP contribution in [0.15, 0.2) is 121 Å². The highest BCUT2D eigenvalue weighted by Gasteiger charge is 2.43. The Labute approximate surface area is 435 Å². The number of thiophene rings is 3. The lowest BCUT2D eigenvalue weighted by molar-refractivity contribution is -0.131. The number of hydrogen-bond donors (Lipinski definition) is 1. The van der Waals surface area contributed by atoms with E-state index >= 15 is 0 Å². The van der Waals surface area contributed by atoms with Crippen LogP contribution in [-0.2, 0) is 4.79 Å². The fourth-order valence-corrected chi connectivity index (χ4v) is 25.4. The van der Waals surface area contributed by atoms with Gasteiger partial charge in [-0.3, -0.25) is 0 Å². The summed E-state index contributed by atoms with van der Waals surface area (Å²) in [7, 11) is -4.36. The summed E-state index contributed by atoms with van der Waals surface area (Å²) < 4.78 is 2.26. The molecule has 0 fully saturated rings. The Hall–Kier alpha value is -5.97. The summed E-state index contributed by atoms with van der Waals surface area (Å²) in [5.41, 5.74) is 18.1. The Balaban J connectivity index is 1.41. The number of nitrogens with zero attached hydrogens (tertiary/aromatic N) is 2. The minimum Gasteiger partial charge on any atom is -0.478 e. The van der Waals surface area contributed by atoms with Crippen molar-refractivity contribution < 1.29 is 9.90 Å². The van der Waals surface area contributed by atoms with Crippen molar-refractivity contribution in [3.05, 3.63) is 143 Å². The van der Waals surface area contributed by atoms with Crippen LogP contribution >= 0.6 is 34.0 Å². The monoisotopic (exact) mass is 1020 g/mol. The van der Waals surface area contributed by atoms with E-state index in [4.69, 9.17) is 0 Å². The molecule has 360 valence electrons. The largest absolute Gasteiger partial charge is 0.478 e. The molecule has 3 aromatic heterocycles. The van der Waals surface area contributed by atoms with Crippen LogP contribution in [0.3, 0.4) is 0 Å². The van der Waals surface area contributed by atoms with Crippen molar-refractivity contribution in [1.29, 1.82) is 5.26 Å². The van der Waals surface area contributed by atoms with Crippen molar-refractivity contribution in [2.45, 2.75) is 116 Å². The van der Waals surface area contributed by atoms with Gasteiger partial charge in [-0.15, -0.1) is 45.1 Å². The molecule has 71 heavy (non-hydrogen) atoms. The lowest BCUT2D eigenvalue weighted by Gasteiger charge is -2.38. The summed E-state index contributed by atoms with van der Waals surface area (Å²) >= 11 is 4.93. The van der Waals surface area contributed by atoms with Crippen LogP contribution in [0.25, 0.3) is 57.2 Å². The van der Waals surface area contributed by atoms with Crippen molar-refractivity contribution in [3.8, 4) is 49.2 Å². The van der Waals surface area contributed by atoms with Crippen LogP contribution in [0.1, 0.15) is 105 Å². The number of carboxylic acid groups (broad SMARTS) is 1. The Kier molecular flexibility index (Phi) is 15.2. The van der Waals surface area contributed by atoms with E-state index in [-0.39, 0.29) is 0 Å². The standard InChI is InChI=1S/C62H64N2O2S3Si2/c1-39(2)70(40(3)4,41(5)6)33-31-51-53-36-56(46-25-28-49(29-26-46)64(48-21-14-13-15-22-48)55-24-18-20-45-19-16-17-23-50(45)55)68-61(53)52(32-34-71(42(7)8,43(9)10)44(11)12)54-37-58(69-62(51)54)57-35-47(27-30-60(65)66)59(38-63)67-57/h13-30,35-37,39-44H,1-12H3,(H,65,66)/b30-27+. The fourth-order valence-electron chi connectivity index (χ4n) is 11.6. The van der Waals surface area contributed by atoms with E-state index < -0.39 is 22.1 Å². The van der Waals surface area contributed by atoms with Crippen LogP contribution < -0.4 is 4.90 Å². The number of para-hydroxylation sites is 1. The van der Waals surface area contributed by atoms with Crippen molar-refractivity contribution in [2.75, 3.05) is 4.90 Å². The van der Waals surface area contributed by atoms with Gasteiger partial charge >= 0.3 is 5.97 Å². The Morgan fingerprint density at radius 3 is 1.58 bits per heavy atom. The molecule has 0 aliphatic heterocycles. The number of hydrogen-bond acceptors (Lipinski definition) is 6. The van der Waals surface area contributed by atoms with Crippen LogP contribution in [0, 0.1) is 34.3 Å². The van der Waals surface area contributed by atoms with Gasteiger partial charge in [0.1, 0.15) is 27.1 Å². The second-order valence-electron chi connectivity index (χ2n) is 20.6. The summed E-state index contributed by atoms with van der Waals surface area (Å²) in [4.78, 5) is 17.5. The van der Waals surface area contributed by atoms with E-state index in [2.05, 4.69) is 226 Å². The summed E-state index contributed by atoms with van der Waals surface area (Å²) in [6.07, 6.45) is 2.63. The predicted octanol–water partition coefficient (Wildman–Crippen LogP) is 19.2. The first-order valence-electron chi connectivity index (χ1n) is 24.9. The number of benzene rings is 5. The van der Waals surface area contributed by atoms with E-state index in [9.17, 15) is 15.2 Å². The first kappa shape index (κ1) is 51.4. The molecule has 3 heterocycles.